The van der Waals surface area contributed by atoms with E-state index in [9.17, 15) is 9.59 Å². The van der Waals surface area contributed by atoms with Gasteiger partial charge in [-0.3, -0.25) is 9.59 Å². The Bertz CT molecular complexity index is 1160. The van der Waals surface area contributed by atoms with Gasteiger partial charge in [0.05, 0.1) is 5.56 Å². The Morgan fingerprint density at radius 1 is 1.18 bits per heavy atom. The van der Waals surface area contributed by atoms with E-state index in [-0.39, 0.29) is 30.2 Å². The first-order chi connectivity index (χ1) is 16.5. The fourth-order valence-electron chi connectivity index (χ4n) is 3.91. The number of rotatable bonds is 10. The predicted molar refractivity (Wildman–Crippen MR) is 131 cm³/mol. The molecule has 1 saturated carbocycles. The van der Waals surface area contributed by atoms with Gasteiger partial charge in [0.15, 0.2) is 0 Å². The number of anilines is 2. The fraction of sp³-hybridized carbons (Fsp3) is 0.308. The maximum Gasteiger partial charge on any atom is 0.254 e. The minimum atomic E-state index is -0.590. The molecule has 34 heavy (non-hydrogen) atoms. The summed E-state index contributed by atoms with van der Waals surface area (Å²) in [5, 5.41) is 3.30. The summed E-state index contributed by atoms with van der Waals surface area (Å²) in [5.41, 5.74) is 8.67. The first-order valence-electron chi connectivity index (χ1n) is 11.3. The number of methoxy groups -OCH3 is 1. The average Bonchev–Trinajstić information content (AvgIpc) is 3.65. The summed E-state index contributed by atoms with van der Waals surface area (Å²) in [6, 6.07) is 17.8. The molecule has 1 heterocycles. The molecule has 8 heteroatoms. The fourth-order valence-corrected chi connectivity index (χ4v) is 3.91. The smallest absolute Gasteiger partial charge is 0.254 e. The lowest BCUT2D eigenvalue weighted by molar-refractivity contribution is -0.122. The molecule has 0 unspecified atom stereocenters. The van der Waals surface area contributed by atoms with E-state index in [1.54, 1.807) is 0 Å². The second kappa shape index (κ2) is 10.4. The molecule has 1 aliphatic rings. The van der Waals surface area contributed by atoms with E-state index in [1.165, 1.54) is 13.3 Å². The van der Waals surface area contributed by atoms with E-state index < -0.39 is 5.91 Å². The second-order valence-electron chi connectivity index (χ2n) is 8.46. The van der Waals surface area contributed by atoms with Crippen LogP contribution in [0.4, 0.5) is 11.5 Å². The number of carbonyl (C=O) groups excluding carboxylic acids is 2. The number of amides is 2. The van der Waals surface area contributed by atoms with E-state index in [4.69, 9.17) is 10.5 Å². The van der Waals surface area contributed by atoms with Gasteiger partial charge >= 0.3 is 0 Å². The molecular formula is C26H29N5O3. The lowest BCUT2D eigenvalue weighted by Crippen LogP contribution is -2.35. The van der Waals surface area contributed by atoms with Gasteiger partial charge in [-0.05, 0) is 43.0 Å². The summed E-state index contributed by atoms with van der Waals surface area (Å²) in [6.07, 6.45) is 3.89. The topological polar surface area (TPSA) is 110 Å². The van der Waals surface area contributed by atoms with Crippen LogP contribution in [0.1, 0.15) is 53.1 Å². The molecule has 3 N–H and O–H groups in total. The molecule has 1 atom stereocenters. The van der Waals surface area contributed by atoms with E-state index in [0.29, 0.717) is 18.1 Å². The van der Waals surface area contributed by atoms with Crippen LogP contribution in [0.25, 0.3) is 0 Å². The number of hydrogen-bond donors (Lipinski definition) is 2. The molecule has 1 aromatic heterocycles. The monoisotopic (exact) mass is 459 g/mol. The average molecular weight is 460 g/mol. The molecular weight excluding hydrogens is 430 g/mol. The van der Waals surface area contributed by atoms with Crippen LogP contribution in [-0.4, -0.2) is 41.5 Å². The largest absolute Gasteiger partial charge is 0.375 e. The van der Waals surface area contributed by atoms with E-state index >= 15 is 0 Å². The molecule has 2 aromatic carbocycles. The van der Waals surface area contributed by atoms with Gasteiger partial charge in [0, 0.05) is 37.5 Å². The van der Waals surface area contributed by atoms with Crippen LogP contribution in [0, 0.1) is 0 Å². The van der Waals surface area contributed by atoms with Crippen molar-refractivity contribution < 1.29 is 14.3 Å². The molecule has 0 saturated heterocycles. The van der Waals surface area contributed by atoms with Crippen molar-refractivity contribution in [2.45, 2.75) is 38.3 Å². The third kappa shape index (κ3) is 5.58. The molecule has 3 aromatic rings. The molecule has 176 valence electrons. The summed E-state index contributed by atoms with van der Waals surface area (Å²) in [6.45, 7) is 2.04. The summed E-state index contributed by atoms with van der Waals surface area (Å²) in [4.78, 5) is 35.4. The highest BCUT2D eigenvalue weighted by atomic mass is 16.5. The molecule has 0 bridgehead atoms. The first-order valence-corrected chi connectivity index (χ1v) is 11.3. The Balaban J connectivity index is 1.57. The van der Waals surface area contributed by atoms with Gasteiger partial charge in [0.1, 0.15) is 18.2 Å². The number of nitrogens with two attached hydrogens (primary N) is 1. The van der Waals surface area contributed by atoms with E-state index in [1.807, 2.05) is 66.4 Å². The lowest BCUT2D eigenvalue weighted by atomic mass is 10.1. The highest BCUT2D eigenvalue weighted by Gasteiger charge is 2.33. The van der Waals surface area contributed by atoms with Gasteiger partial charge in [0.2, 0.25) is 0 Å². The zero-order valence-corrected chi connectivity index (χ0v) is 19.4. The number of aromatic nitrogens is 2. The molecule has 8 nitrogen and oxygen atoms in total. The number of benzene rings is 2. The zero-order chi connectivity index (χ0) is 24.1. The van der Waals surface area contributed by atoms with E-state index in [0.717, 1.165) is 29.7 Å². The Labute approximate surface area is 199 Å². The molecule has 4 rings (SSSR count). The van der Waals surface area contributed by atoms with E-state index in [2.05, 4.69) is 15.3 Å². The maximum atomic E-state index is 12.6. The Hall–Kier alpha value is -3.78. The summed E-state index contributed by atoms with van der Waals surface area (Å²) >= 11 is 0. The first kappa shape index (κ1) is 23.4. The Morgan fingerprint density at radius 3 is 2.62 bits per heavy atom. The van der Waals surface area contributed by atoms with Crippen molar-refractivity contribution in [3.8, 4) is 0 Å². The highest BCUT2D eigenvalue weighted by molar-refractivity contribution is 5.97. The van der Waals surface area contributed by atoms with Crippen LogP contribution in [0.15, 0.2) is 60.8 Å². The maximum absolute atomic E-state index is 12.6. The molecule has 0 aliphatic heterocycles. The summed E-state index contributed by atoms with van der Waals surface area (Å²) < 4.78 is 5.06. The van der Waals surface area contributed by atoms with Crippen molar-refractivity contribution in [2.75, 3.05) is 23.9 Å². The van der Waals surface area contributed by atoms with Crippen LogP contribution in [0.3, 0.4) is 0 Å². The van der Waals surface area contributed by atoms with Gasteiger partial charge < -0.3 is 20.7 Å². The Kier molecular flexibility index (Phi) is 7.18. The van der Waals surface area contributed by atoms with Gasteiger partial charge in [-0.25, -0.2) is 9.97 Å². The van der Waals surface area contributed by atoms with Gasteiger partial charge in [-0.2, -0.15) is 0 Å². The van der Waals surface area contributed by atoms with Crippen molar-refractivity contribution in [2.24, 2.45) is 5.73 Å². The van der Waals surface area contributed by atoms with Crippen LogP contribution in [0.5, 0.6) is 0 Å². The zero-order valence-electron chi connectivity index (χ0n) is 19.4. The summed E-state index contributed by atoms with van der Waals surface area (Å²) in [5.74, 6) is 0.310. The predicted octanol–water partition coefficient (Wildman–Crippen LogP) is 3.48. The van der Waals surface area contributed by atoms with Crippen molar-refractivity contribution in [3.05, 3.63) is 83.3 Å². The number of nitrogens with one attached hydrogen (secondary N) is 1. The van der Waals surface area contributed by atoms with Crippen LogP contribution >= 0.6 is 0 Å². The highest BCUT2D eigenvalue weighted by Crippen LogP contribution is 2.32. The van der Waals surface area contributed by atoms with Crippen LogP contribution < -0.4 is 16.0 Å². The summed E-state index contributed by atoms with van der Waals surface area (Å²) in [7, 11) is 1.52. The van der Waals surface area contributed by atoms with Crippen LogP contribution in [0.2, 0.25) is 0 Å². The van der Waals surface area contributed by atoms with Gasteiger partial charge in [-0.1, -0.05) is 42.5 Å². The standard InChI is InChI=1S/C26H29N5O3/c1-17(19-8-4-3-5-9-19)29-26-22(25(27)33)15-28-23(30-26)14-18-7-6-10-21(13-18)31(20-11-12-20)24(32)16-34-2/h3-10,13,15,17,20H,11-12,14,16H2,1-2H3,(H2,27,33)(H,28,29,30)/t17-/m1/s1. The van der Waals surface area contributed by atoms with Crippen molar-refractivity contribution in [3.63, 3.8) is 0 Å². The molecule has 1 fully saturated rings. The number of nitrogens with zero attached hydrogens (tertiary/aromatic N) is 3. The molecule has 2 amide bonds. The molecule has 0 radical (unpaired) electrons. The number of hydrogen-bond acceptors (Lipinski definition) is 6. The molecule has 1 aliphatic carbocycles. The minimum Gasteiger partial charge on any atom is -0.375 e. The normalized spacial score (nSPS) is 13.8. The third-order valence-electron chi connectivity index (χ3n) is 5.76. The SMILES string of the molecule is COCC(=O)N(c1cccc(Cc2ncc(C(N)=O)c(N[C@H](C)c3ccccc3)n2)c1)C1CC1. The number of ether oxygens (including phenoxy) is 1. The molecule has 0 spiro atoms. The minimum absolute atomic E-state index is 0.0487. The Morgan fingerprint density at radius 2 is 1.94 bits per heavy atom. The number of carbonyl (C=O) groups is 2. The van der Waals surface area contributed by atoms with Crippen molar-refractivity contribution >= 4 is 23.3 Å². The van der Waals surface area contributed by atoms with Crippen molar-refractivity contribution in [1.82, 2.24) is 9.97 Å². The quantitative estimate of drug-likeness (QED) is 0.480. The van der Waals surface area contributed by atoms with Crippen molar-refractivity contribution in [1.29, 1.82) is 0 Å². The lowest BCUT2D eigenvalue weighted by Gasteiger charge is -2.23. The second-order valence-corrected chi connectivity index (χ2v) is 8.46. The van der Waals surface area contributed by atoms with Gasteiger partial charge in [-0.15, -0.1) is 0 Å². The van der Waals surface area contributed by atoms with Crippen LogP contribution in [-0.2, 0) is 16.0 Å². The number of primary amides is 1. The third-order valence-corrected chi connectivity index (χ3v) is 5.76. The van der Waals surface area contributed by atoms with Gasteiger partial charge in [0.25, 0.3) is 11.8 Å².